The minimum absolute atomic E-state index is 0.0166. The van der Waals surface area contributed by atoms with Crippen LogP contribution in [0.3, 0.4) is 0 Å². The van der Waals surface area contributed by atoms with E-state index in [0.29, 0.717) is 28.5 Å². The molecule has 0 saturated carbocycles. The molecule has 4 N–H and O–H groups in total. The molecule has 1 aliphatic rings. The Kier molecular flexibility index (Phi) is 9.61. The Bertz CT molecular complexity index is 1550. The molecule has 11 heteroatoms. The molecule has 0 aliphatic carbocycles. The third kappa shape index (κ3) is 6.68. The maximum Gasteiger partial charge on any atom is 0.311 e. The molecular weight excluding hydrogens is 542 g/mol. The number of nitro benzene ring substituents is 1. The van der Waals surface area contributed by atoms with Crippen LogP contribution in [0.4, 0.5) is 17.1 Å². The topological polar surface area (TPSA) is 149 Å². The summed E-state index contributed by atoms with van der Waals surface area (Å²) in [6.45, 7) is 4.28. The van der Waals surface area contributed by atoms with Gasteiger partial charge < -0.3 is 21.1 Å². The first-order chi connectivity index (χ1) is 19.7. The number of hydrogen-bond donors (Lipinski definition) is 3. The number of aliphatic imine (C=N–C) groups is 1. The van der Waals surface area contributed by atoms with Crippen LogP contribution >= 0.6 is 11.8 Å². The fourth-order valence-corrected chi connectivity index (χ4v) is 5.71. The van der Waals surface area contributed by atoms with Crippen LogP contribution in [0.5, 0.6) is 5.75 Å². The summed E-state index contributed by atoms with van der Waals surface area (Å²) in [6, 6.07) is 16.1. The van der Waals surface area contributed by atoms with Gasteiger partial charge in [-0.2, -0.15) is 0 Å². The summed E-state index contributed by atoms with van der Waals surface area (Å²) in [7, 11) is 1.32. The van der Waals surface area contributed by atoms with Gasteiger partial charge in [-0.05, 0) is 30.4 Å². The van der Waals surface area contributed by atoms with Crippen LogP contribution in [0.15, 0.2) is 70.9 Å². The van der Waals surface area contributed by atoms with Gasteiger partial charge in [0.2, 0.25) is 5.91 Å². The smallest absolute Gasteiger partial charge is 0.311 e. The van der Waals surface area contributed by atoms with Crippen LogP contribution in [0.2, 0.25) is 0 Å². The van der Waals surface area contributed by atoms with Crippen molar-refractivity contribution < 1.29 is 19.2 Å². The lowest BCUT2D eigenvalue weighted by Gasteiger charge is -2.14. The summed E-state index contributed by atoms with van der Waals surface area (Å²) in [5.74, 6) is -0.900. The Morgan fingerprint density at radius 2 is 1.83 bits per heavy atom. The number of thioether (sulfide) groups is 1. The average molecular weight is 576 g/mol. The lowest BCUT2D eigenvalue weighted by molar-refractivity contribution is -0.385. The van der Waals surface area contributed by atoms with Gasteiger partial charge in [0.1, 0.15) is 10.3 Å². The molecule has 0 saturated heterocycles. The Balaban J connectivity index is 1.63. The first-order valence-corrected chi connectivity index (χ1v) is 14.3. The summed E-state index contributed by atoms with van der Waals surface area (Å²) >= 11 is 1.12. The van der Waals surface area contributed by atoms with Crippen LogP contribution in [0, 0.1) is 17.0 Å². The lowest BCUT2D eigenvalue weighted by atomic mass is 10.1. The summed E-state index contributed by atoms with van der Waals surface area (Å²) in [5, 5.41) is 18.5. The van der Waals surface area contributed by atoms with Crippen molar-refractivity contribution in [2.24, 2.45) is 10.7 Å². The number of ether oxygens (including phenoxy) is 1. The molecule has 10 nitrogen and oxygen atoms in total. The van der Waals surface area contributed by atoms with Crippen molar-refractivity contribution in [2.75, 3.05) is 24.3 Å². The van der Waals surface area contributed by atoms with Crippen molar-refractivity contribution in [3.8, 4) is 5.75 Å². The molecule has 214 valence electrons. The van der Waals surface area contributed by atoms with E-state index >= 15 is 0 Å². The number of nitrogens with one attached hydrogen (secondary N) is 2. The van der Waals surface area contributed by atoms with Gasteiger partial charge in [0.15, 0.2) is 5.75 Å². The zero-order valence-corrected chi connectivity index (χ0v) is 24.0. The van der Waals surface area contributed by atoms with E-state index in [-0.39, 0.29) is 22.7 Å². The third-order valence-electron chi connectivity index (χ3n) is 6.77. The number of nitrogens with zero attached hydrogens (tertiary/aromatic N) is 2. The monoisotopic (exact) mass is 575 g/mol. The summed E-state index contributed by atoms with van der Waals surface area (Å²) in [5.41, 5.74) is 8.01. The highest BCUT2D eigenvalue weighted by atomic mass is 32.2. The van der Waals surface area contributed by atoms with Crippen molar-refractivity contribution in [2.45, 2.75) is 44.8 Å². The largest absolute Gasteiger partial charge is 0.490 e. The quantitative estimate of drug-likeness (QED) is 0.145. The van der Waals surface area contributed by atoms with E-state index in [0.717, 1.165) is 48.2 Å². The summed E-state index contributed by atoms with van der Waals surface area (Å²) in [4.78, 5) is 42.6. The lowest BCUT2D eigenvalue weighted by Crippen LogP contribution is -2.29. The zero-order valence-electron chi connectivity index (χ0n) is 23.2. The van der Waals surface area contributed by atoms with Gasteiger partial charge in [-0.3, -0.25) is 24.7 Å². The van der Waals surface area contributed by atoms with E-state index in [1.54, 1.807) is 6.92 Å². The maximum absolute atomic E-state index is 13.6. The minimum Gasteiger partial charge on any atom is -0.490 e. The maximum atomic E-state index is 13.6. The summed E-state index contributed by atoms with van der Waals surface area (Å²) in [6.07, 6.45) is 4.05. The molecule has 3 aromatic carbocycles. The van der Waals surface area contributed by atoms with Gasteiger partial charge >= 0.3 is 5.69 Å². The Labute approximate surface area is 242 Å². The predicted molar refractivity (Wildman–Crippen MR) is 165 cm³/mol. The van der Waals surface area contributed by atoms with E-state index in [1.165, 1.54) is 19.2 Å². The SMILES string of the molecule is CCCCCCN=C1S[C@H](C(=O)Nc2cc(OC)c([N+](=O)[O-])cc2C)C(N)=C1C(=O)Nc1cccc2ccccc12. The highest BCUT2D eigenvalue weighted by Crippen LogP contribution is 2.37. The van der Waals surface area contributed by atoms with Crippen LogP contribution < -0.4 is 21.1 Å². The molecule has 4 rings (SSSR count). The van der Waals surface area contributed by atoms with Crippen LogP contribution in [0.1, 0.15) is 38.2 Å². The van der Waals surface area contributed by atoms with Gasteiger partial charge in [0.25, 0.3) is 5.91 Å². The number of hydrogen-bond acceptors (Lipinski definition) is 8. The number of fused-ring (bicyclic) bond motifs is 1. The fourth-order valence-electron chi connectivity index (χ4n) is 4.58. The molecule has 1 atom stereocenters. The van der Waals surface area contributed by atoms with Crippen molar-refractivity contribution in [3.63, 3.8) is 0 Å². The second-order valence-electron chi connectivity index (χ2n) is 9.64. The highest BCUT2D eigenvalue weighted by Gasteiger charge is 2.38. The number of nitro groups is 1. The molecule has 1 aliphatic heterocycles. The second-order valence-corrected chi connectivity index (χ2v) is 10.7. The number of anilines is 2. The number of methoxy groups -OCH3 is 1. The standard InChI is InChI=1S/C30H33N5O5S/c1-4-5-6-9-15-32-30-25(28(36)33-21-14-10-12-19-11-7-8-13-20(19)21)26(31)27(41-30)29(37)34-22-17-24(40-3)23(35(38)39)16-18(22)2/h7-8,10-14,16-17,27H,4-6,9,15,31H2,1-3H3,(H,33,36)(H,34,37)/t27-/m0/s1. The van der Waals surface area contributed by atoms with Crippen molar-refractivity contribution in [1.82, 2.24) is 0 Å². The third-order valence-corrected chi connectivity index (χ3v) is 8.03. The number of aryl methyl sites for hydroxylation is 1. The molecule has 0 aromatic heterocycles. The van der Waals surface area contributed by atoms with Crippen LogP contribution in [-0.4, -0.2) is 40.7 Å². The fraction of sp³-hybridized carbons (Fsp3) is 0.300. The van der Waals surface area contributed by atoms with Gasteiger partial charge in [-0.15, -0.1) is 0 Å². The molecule has 0 spiro atoms. The molecule has 2 amide bonds. The molecular formula is C30H33N5O5S. The Morgan fingerprint density at radius 1 is 1.07 bits per heavy atom. The molecule has 41 heavy (non-hydrogen) atoms. The number of amides is 2. The number of unbranched alkanes of at least 4 members (excludes halogenated alkanes) is 3. The number of carbonyl (C=O) groups is 2. The molecule has 3 aromatic rings. The van der Waals surface area contributed by atoms with E-state index in [9.17, 15) is 19.7 Å². The molecule has 1 heterocycles. The van der Waals surface area contributed by atoms with Crippen LogP contribution in [0.25, 0.3) is 10.8 Å². The van der Waals surface area contributed by atoms with E-state index in [1.807, 2.05) is 42.5 Å². The molecule has 0 fully saturated rings. The van der Waals surface area contributed by atoms with Gasteiger partial charge in [0.05, 0.1) is 17.6 Å². The van der Waals surface area contributed by atoms with Gasteiger partial charge in [-0.1, -0.05) is 74.3 Å². The number of benzene rings is 3. The number of rotatable bonds is 11. The Hall–Kier alpha value is -4.38. The normalized spacial score (nSPS) is 15.8. The zero-order chi connectivity index (χ0) is 29.5. The van der Waals surface area contributed by atoms with Gasteiger partial charge in [-0.25, -0.2) is 0 Å². The summed E-state index contributed by atoms with van der Waals surface area (Å²) < 4.78 is 5.15. The second kappa shape index (κ2) is 13.3. The molecule has 0 bridgehead atoms. The molecule has 0 unspecified atom stereocenters. The predicted octanol–water partition coefficient (Wildman–Crippen LogP) is 5.95. The van der Waals surface area contributed by atoms with Gasteiger partial charge in [0, 0.05) is 41.1 Å². The van der Waals surface area contributed by atoms with Crippen LogP contribution in [-0.2, 0) is 9.59 Å². The number of carbonyl (C=O) groups excluding carboxylic acids is 2. The van der Waals surface area contributed by atoms with Crippen molar-refractivity contribution in [1.29, 1.82) is 0 Å². The number of nitrogens with two attached hydrogens (primary N) is 1. The van der Waals surface area contributed by atoms with Crippen molar-refractivity contribution in [3.05, 3.63) is 81.5 Å². The van der Waals surface area contributed by atoms with E-state index in [2.05, 4.69) is 22.5 Å². The molecule has 0 radical (unpaired) electrons. The van der Waals surface area contributed by atoms with E-state index in [4.69, 9.17) is 10.5 Å². The minimum atomic E-state index is -0.918. The Morgan fingerprint density at radius 3 is 2.56 bits per heavy atom. The first kappa shape index (κ1) is 29.6. The van der Waals surface area contributed by atoms with E-state index < -0.39 is 22.0 Å². The average Bonchev–Trinajstić information content (AvgIpc) is 3.29. The van der Waals surface area contributed by atoms with Crippen molar-refractivity contribution >= 4 is 56.5 Å². The first-order valence-electron chi connectivity index (χ1n) is 13.4. The highest BCUT2D eigenvalue weighted by molar-refractivity contribution is 8.16.